The molecule has 0 bridgehead atoms. The molecule has 0 saturated carbocycles. The van der Waals surface area contributed by atoms with E-state index in [-0.39, 0.29) is 53.8 Å². The number of carbonyl (C=O) groups excluding carboxylic acids is 5. The number of carbonyl (C=O) groups is 5. The Morgan fingerprint density at radius 3 is 1.83 bits per heavy atom. The molecule has 3 N–H and O–H groups in total. The molecule has 28 heteroatoms. The number of unbranched alkanes of at least 4 members (excludes halogenated alkanes) is 1. The number of azide groups is 1. The molecule has 1 aliphatic heterocycles. The van der Waals surface area contributed by atoms with E-state index < -0.39 is 70.9 Å². The number of hydrogen-bond donors (Lipinski definition) is 3. The first-order chi connectivity index (χ1) is 45.6. The Kier molecular flexibility index (Phi) is 43.9. The van der Waals surface area contributed by atoms with Gasteiger partial charge in [0.25, 0.3) is 0 Å². The van der Waals surface area contributed by atoms with Crippen LogP contribution in [0.3, 0.4) is 0 Å². The lowest BCUT2D eigenvalue weighted by Crippen LogP contribution is -2.60. The number of benzene rings is 1. The highest BCUT2D eigenvalue weighted by molar-refractivity contribution is 8.00. The molecule has 3 rings (SSSR count). The van der Waals surface area contributed by atoms with Crippen LogP contribution in [0.5, 0.6) is 0 Å². The largest absolute Gasteiger partial charge is 0.455 e. The first-order valence-electron chi connectivity index (χ1n) is 34.4. The lowest BCUT2D eigenvalue weighted by Gasteiger charge is -2.41. The number of aliphatic hydroxyl groups excluding tert-OH is 1. The molecule has 1 aliphatic rings. The van der Waals surface area contributed by atoms with Crippen molar-refractivity contribution in [3.05, 3.63) is 64.3 Å². The Balaban J connectivity index is 0.00000115. The fraction of sp³-hybridized carbons (Fsp3) is 0.779. The van der Waals surface area contributed by atoms with Gasteiger partial charge < -0.3 is 72.4 Å². The molecule has 0 radical (unpaired) electrons. The Labute approximate surface area is 580 Å². The van der Waals surface area contributed by atoms with Crippen LogP contribution in [-0.2, 0) is 66.0 Å². The molecule has 1 saturated heterocycles. The summed E-state index contributed by atoms with van der Waals surface area (Å²) in [6, 6.07) is 6.88. The van der Waals surface area contributed by atoms with Crippen molar-refractivity contribution in [1.29, 1.82) is 0 Å². The number of ether oxygens (including phenoxy) is 8. The van der Waals surface area contributed by atoms with Gasteiger partial charge in [0, 0.05) is 77.1 Å². The van der Waals surface area contributed by atoms with E-state index in [1.165, 1.54) is 4.90 Å². The van der Waals surface area contributed by atoms with E-state index in [0.29, 0.717) is 124 Å². The number of hydrogen-bond acceptors (Lipinski definition) is 19. The molecule has 0 spiro atoms. The van der Waals surface area contributed by atoms with E-state index in [9.17, 15) is 29.1 Å². The van der Waals surface area contributed by atoms with Crippen molar-refractivity contribution in [2.24, 2.45) is 28.8 Å². The molecule has 10 atom stereocenters. The van der Waals surface area contributed by atoms with Gasteiger partial charge in [0.05, 0.1) is 121 Å². The average molecular weight is 1410 g/mol. The zero-order valence-corrected chi connectivity index (χ0v) is 64.2. The monoisotopic (exact) mass is 1410 g/mol. The summed E-state index contributed by atoms with van der Waals surface area (Å²) >= 11 is 1.64. The van der Waals surface area contributed by atoms with E-state index >= 15 is 0 Å². The van der Waals surface area contributed by atoms with Crippen molar-refractivity contribution < 1.29 is 71.1 Å². The SMILES string of the molecule is CCOCCOCCOCCOCCOCCOCCN=[N+]=[N-].CC[C@@H](C)[C@H]([C@H](CC(=O)N1CCC[C@@H]1[C@@H](OC)[C@H](C)C(=O)N[C@@H](C)[C@H](O)c1ccccc1)OC)N(C)C(=O)[C@H](NC(=O)[C@@H](C(C)C)N(C)C(=O)CCCC[Si](C)(C)O[Si](C)(C)CSc1ncc(C)cn1)C(C)C. The summed E-state index contributed by atoms with van der Waals surface area (Å²) in [4.78, 5) is 87.2. The number of methoxy groups -OCH3 is 2. The predicted molar refractivity (Wildman–Crippen MR) is 380 cm³/mol. The van der Waals surface area contributed by atoms with Crippen molar-refractivity contribution in [3.63, 3.8) is 0 Å². The van der Waals surface area contributed by atoms with Crippen LogP contribution in [0.1, 0.15) is 124 Å². The molecule has 96 heavy (non-hydrogen) atoms. The van der Waals surface area contributed by atoms with Crippen LogP contribution in [0.4, 0.5) is 0 Å². The summed E-state index contributed by atoms with van der Waals surface area (Å²) in [7, 11) is 2.43. The smallest absolute Gasteiger partial charge is 0.245 e. The maximum atomic E-state index is 14.7. The minimum Gasteiger partial charge on any atom is -0.455 e. The van der Waals surface area contributed by atoms with Crippen LogP contribution in [0, 0.1) is 30.6 Å². The molecule has 0 aliphatic carbocycles. The number of likely N-dealkylation sites (N-methyl/N-ethyl adjacent to an activating group) is 2. The number of aromatic nitrogens is 2. The zero-order chi connectivity index (χ0) is 71.8. The Morgan fingerprint density at radius 2 is 1.32 bits per heavy atom. The number of likely N-dealkylation sites (tertiary alicyclic amines) is 1. The highest BCUT2D eigenvalue weighted by atomic mass is 32.2. The summed E-state index contributed by atoms with van der Waals surface area (Å²) in [5.74, 6) is -2.56. The second-order valence-electron chi connectivity index (χ2n) is 26.5. The number of rotatable bonds is 49. The van der Waals surface area contributed by atoms with Gasteiger partial charge in [-0.25, -0.2) is 9.97 Å². The summed E-state index contributed by atoms with van der Waals surface area (Å²) in [5.41, 5.74) is 9.78. The molecule has 1 fully saturated rings. The summed E-state index contributed by atoms with van der Waals surface area (Å²) in [6.45, 7) is 35.4. The van der Waals surface area contributed by atoms with Gasteiger partial charge in [0.2, 0.25) is 29.5 Å². The highest BCUT2D eigenvalue weighted by Crippen LogP contribution is 2.31. The van der Waals surface area contributed by atoms with E-state index in [1.54, 1.807) is 63.7 Å². The molecule has 5 amide bonds. The van der Waals surface area contributed by atoms with E-state index in [4.69, 9.17) is 47.5 Å². The fourth-order valence-electron chi connectivity index (χ4n) is 11.7. The first kappa shape index (κ1) is 87.4. The Bertz CT molecular complexity index is 2550. The number of thioether (sulfide) groups is 1. The quantitative estimate of drug-likeness (QED) is 0.0106. The minimum atomic E-state index is -2.03. The minimum absolute atomic E-state index is 0.0199. The third kappa shape index (κ3) is 33.0. The highest BCUT2D eigenvalue weighted by Gasteiger charge is 2.44. The van der Waals surface area contributed by atoms with Crippen LogP contribution in [0.15, 0.2) is 53.0 Å². The van der Waals surface area contributed by atoms with E-state index in [1.807, 2.05) is 98.1 Å². The molecule has 548 valence electrons. The molecule has 1 aromatic carbocycles. The van der Waals surface area contributed by atoms with Gasteiger partial charge in [0.1, 0.15) is 12.1 Å². The van der Waals surface area contributed by atoms with Crippen LogP contribution in [0.25, 0.3) is 10.4 Å². The number of aliphatic hydroxyl groups is 1. The normalized spacial score (nSPS) is 16.3. The molecule has 2 aromatic rings. The Hall–Kier alpha value is -4.66. The summed E-state index contributed by atoms with van der Waals surface area (Å²) in [5, 5.41) is 21.9. The van der Waals surface area contributed by atoms with Crippen LogP contribution in [-0.4, -0.2) is 244 Å². The van der Waals surface area contributed by atoms with Gasteiger partial charge in [0.15, 0.2) is 21.8 Å². The number of nitrogens with zero attached hydrogens (tertiary/aromatic N) is 8. The molecule has 2 heterocycles. The van der Waals surface area contributed by atoms with Crippen molar-refractivity contribution in [1.82, 2.24) is 35.3 Å². The van der Waals surface area contributed by atoms with Crippen LogP contribution >= 0.6 is 11.8 Å². The van der Waals surface area contributed by atoms with Gasteiger partial charge in [-0.3, -0.25) is 24.0 Å². The lowest BCUT2D eigenvalue weighted by atomic mass is 9.89. The molecule has 25 nitrogen and oxygen atoms in total. The molecular formula is C68H122N10O15SSi2. The van der Waals surface area contributed by atoms with Gasteiger partial charge in [-0.2, -0.15) is 0 Å². The third-order valence-corrected chi connectivity index (χ3v) is 26.7. The number of amides is 5. The molecule has 0 unspecified atom stereocenters. The fourth-order valence-corrected chi connectivity index (χ4v) is 22.1. The maximum absolute atomic E-state index is 14.7. The maximum Gasteiger partial charge on any atom is 0.245 e. The molecule has 1 aromatic heterocycles. The second kappa shape index (κ2) is 48.2. The van der Waals surface area contributed by atoms with Crippen molar-refractivity contribution in [2.75, 3.05) is 126 Å². The Morgan fingerprint density at radius 1 is 0.760 bits per heavy atom. The van der Waals surface area contributed by atoms with E-state index in [0.717, 1.165) is 35.0 Å². The van der Waals surface area contributed by atoms with Gasteiger partial charge in [-0.05, 0) is 107 Å². The first-order valence-corrected chi connectivity index (χ1v) is 41.6. The van der Waals surface area contributed by atoms with Gasteiger partial charge in [-0.15, -0.1) is 0 Å². The average Bonchev–Trinajstić information content (AvgIpc) is 1.39. The summed E-state index contributed by atoms with van der Waals surface area (Å²) in [6.07, 6.45) is 5.30. The van der Waals surface area contributed by atoms with Gasteiger partial charge in [-0.1, -0.05) is 109 Å². The third-order valence-electron chi connectivity index (χ3n) is 16.9. The molecular weight excluding hydrogens is 1290 g/mol. The second-order valence-corrected chi connectivity index (χ2v) is 36.7. The lowest BCUT2D eigenvalue weighted by molar-refractivity contribution is -0.148. The number of nitrogens with one attached hydrogen (secondary N) is 2. The van der Waals surface area contributed by atoms with Gasteiger partial charge >= 0.3 is 0 Å². The van der Waals surface area contributed by atoms with E-state index in [2.05, 4.69) is 56.8 Å². The predicted octanol–water partition coefficient (Wildman–Crippen LogP) is 9.21. The number of aryl methyl sites for hydroxylation is 1. The topological polar surface area (TPSA) is 297 Å². The van der Waals surface area contributed by atoms with Crippen LogP contribution in [0.2, 0.25) is 32.2 Å². The van der Waals surface area contributed by atoms with Crippen molar-refractivity contribution in [2.45, 2.75) is 200 Å². The standard InChI is InChI=1S/C54H93N7O9SSi2.C14H29N3O6/c1-18-38(7)48(43(68-12)31-45(63)61-29-24-27-42(61)50(69-13)39(8)51(65)57-40(9)49(64)41-25-20-19-21-26-41)60(11)53(67)46(35(2)3)58-52(66)47(36(4)5)59(10)44(62)28-22-23-30-72(14,15)70-73(16,17)34-71-54-55-32-37(6)33-56-54;1-2-18-5-6-20-9-10-22-13-14-23-12-11-21-8-7-19-4-3-16-17-15/h19-21,25-26,32-33,35-36,38-40,42-43,46-50,64H,18,22-24,27-31,34H2,1-17H3,(H,57,65)(H,58,66);2-14H2,1H3/t38-,39+,40+,42-,43+,46-,47-,48-,49+,50+;/m1./s1. The van der Waals surface area contributed by atoms with Crippen molar-refractivity contribution >= 4 is 57.9 Å². The summed E-state index contributed by atoms with van der Waals surface area (Å²) < 4.78 is 50.5. The zero-order valence-electron chi connectivity index (χ0n) is 61.4. The van der Waals surface area contributed by atoms with Crippen LogP contribution < -0.4 is 10.6 Å². The van der Waals surface area contributed by atoms with Crippen molar-refractivity contribution in [3.8, 4) is 0 Å².